The molecular formula is C13H14ClN5O3S. The van der Waals surface area contributed by atoms with Crippen molar-refractivity contribution in [3.63, 3.8) is 0 Å². The number of halogens is 1. The molecule has 2 heterocycles. The lowest BCUT2D eigenvalue weighted by atomic mass is 10.2. The summed E-state index contributed by atoms with van der Waals surface area (Å²) in [6.45, 7) is 0.291. The Morgan fingerprint density at radius 3 is 2.74 bits per heavy atom. The van der Waals surface area contributed by atoms with Crippen molar-refractivity contribution < 1.29 is 13.2 Å². The molecule has 1 aliphatic heterocycles. The van der Waals surface area contributed by atoms with Crippen LogP contribution in [-0.2, 0) is 14.8 Å². The van der Waals surface area contributed by atoms with E-state index in [-0.39, 0.29) is 10.8 Å². The van der Waals surface area contributed by atoms with Crippen LogP contribution in [0.25, 0.3) is 0 Å². The predicted octanol–water partition coefficient (Wildman–Crippen LogP) is 1.25. The fourth-order valence-corrected chi connectivity index (χ4v) is 4.28. The second kappa shape index (κ2) is 6.26. The molecule has 0 saturated carbocycles. The van der Waals surface area contributed by atoms with Crippen LogP contribution in [-0.4, -0.2) is 46.4 Å². The zero-order valence-corrected chi connectivity index (χ0v) is 13.5. The van der Waals surface area contributed by atoms with E-state index >= 15 is 0 Å². The highest BCUT2D eigenvalue weighted by molar-refractivity contribution is 7.89. The fourth-order valence-electron chi connectivity index (χ4n) is 2.50. The summed E-state index contributed by atoms with van der Waals surface area (Å²) in [5, 5.41) is 9.12. The van der Waals surface area contributed by atoms with Crippen molar-refractivity contribution in [3.8, 4) is 0 Å². The molecule has 23 heavy (non-hydrogen) atoms. The first-order valence-electron chi connectivity index (χ1n) is 6.92. The molecule has 1 saturated heterocycles. The van der Waals surface area contributed by atoms with Crippen LogP contribution in [0.3, 0.4) is 0 Å². The number of rotatable bonds is 4. The smallest absolute Gasteiger partial charge is 0.245 e. The predicted molar refractivity (Wildman–Crippen MR) is 83.4 cm³/mol. The molecule has 8 nitrogen and oxygen atoms in total. The van der Waals surface area contributed by atoms with E-state index in [4.69, 9.17) is 11.6 Å². The van der Waals surface area contributed by atoms with E-state index in [1.54, 1.807) is 0 Å². The molecule has 2 aromatic rings. The number of nitrogens with one attached hydrogen (secondary N) is 2. The summed E-state index contributed by atoms with van der Waals surface area (Å²) in [5.74, 6) is -0.248. The zero-order valence-electron chi connectivity index (χ0n) is 11.9. The van der Waals surface area contributed by atoms with Gasteiger partial charge >= 0.3 is 0 Å². The van der Waals surface area contributed by atoms with Crippen LogP contribution in [0.15, 0.2) is 35.5 Å². The number of aromatic nitrogens is 3. The van der Waals surface area contributed by atoms with Gasteiger partial charge in [-0.3, -0.25) is 10.1 Å². The maximum absolute atomic E-state index is 12.7. The summed E-state index contributed by atoms with van der Waals surface area (Å²) in [5.41, 5.74) is 0. The van der Waals surface area contributed by atoms with Gasteiger partial charge in [-0.1, -0.05) is 11.6 Å². The van der Waals surface area contributed by atoms with E-state index in [9.17, 15) is 13.2 Å². The minimum atomic E-state index is -3.76. The molecule has 1 aliphatic rings. The van der Waals surface area contributed by atoms with E-state index in [2.05, 4.69) is 20.5 Å². The highest BCUT2D eigenvalue weighted by atomic mass is 35.5. The standard InChI is InChI=1S/C13H14ClN5O3S/c14-9-3-5-10(6-4-9)23(21,22)19-7-1-2-11(19)12(20)17-13-15-8-16-18-13/h3-6,8,11H,1-2,7H2,(H2,15,16,17,18,20)/t11-/m0/s1. The second-order valence-corrected chi connectivity index (χ2v) is 7.38. The molecule has 0 unspecified atom stereocenters. The molecule has 122 valence electrons. The quantitative estimate of drug-likeness (QED) is 0.858. The molecule has 3 rings (SSSR count). The number of hydrogen-bond acceptors (Lipinski definition) is 5. The van der Waals surface area contributed by atoms with Crippen LogP contribution in [0.1, 0.15) is 12.8 Å². The summed E-state index contributed by atoms with van der Waals surface area (Å²) in [6, 6.07) is 5.10. The number of benzene rings is 1. The zero-order chi connectivity index (χ0) is 16.4. The first-order valence-corrected chi connectivity index (χ1v) is 8.74. The molecule has 10 heteroatoms. The average Bonchev–Trinajstić information content (AvgIpc) is 3.19. The fraction of sp³-hybridized carbons (Fsp3) is 0.308. The first-order chi connectivity index (χ1) is 11.0. The molecule has 1 aromatic heterocycles. The van der Waals surface area contributed by atoms with E-state index in [0.29, 0.717) is 24.4 Å². The van der Waals surface area contributed by atoms with Gasteiger partial charge in [0.1, 0.15) is 12.4 Å². The van der Waals surface area contributed by atoms with Gasteiger partial charge in [0, 0.05) is 11.6 Å². The van der Waals surface area contributed by atoms with Gasteiger partial charge in [-0.2, -0.15) is 14.4 Å². The number of anilines is 1. The van der Waals surface area contributed by atoms with Crippen molar-refractivity contribution in [2.45, 2.75) is 23.8 Å². The van der Waals surface area contributed by atoms with Crippen molar-refractivity contribution in [1.29, 1.82) is 0 Å². The topological polar surface area (TPSA) is 108 Å². The monoisotopic (exact) mass is 355 g/mol. The number of amides is 1. The number of carbonyl (C=O) groups is 1. The largest absolute Gasteiger partial charge is 0.294 e. The van der Waals surface area contributed by atoms with Gasteiger partial charge in [0.25, 0.3) is 0 Å². The van der Waals surface area contributed by atoms with Crippen molar-refractivity contribution >= 4 is 33.5 Å². The lowest BCUT2D eigenvalue weighted by molar-refractivity contribution is -0.119. The van der Waals surface area contributed by atoms with Gasteiger partial charge in [0.2, 0.25) is 21.9 Å². The maximum atomic E-state index is 12.7. The van der Waals surface area contributed by atoms with E-state index in [1.165, 1.54) is 34.9 Å². The summed E-state index contributed by atoms with van der Waals surface area (Å²) in [6.07, 6.45) is 2.32. The molecule has 1 aromatic carbocycles. The molecule has 0 spiro atoms. The van der Waals surface area contributed by atoms with Gasteiger partial charge in [-0.15, -0.1) is 0 Å². The average molecular weight is 356 g/mol. The summed E-state index contributed by atoms with van der Waals surface area (Å²) < 4.78 is 26.7. The third-order valence-corrected chi connectivity index (χ3v) is 5.76. The summed E-state index contributed by atoms with van der Waals surface area (Å²) >= 11 is 5.79. The highest BCUT2D eigenvalue weighted by Crippen LogP contribution is 2.27. The van der Waals surface area contributed by atoms with Crippen molar-refractivity contribution in [2.75, 3.05) is 11.9 Å². The maximum Gasteiger partial charge on any atom is 0.245 e. The second-order valence-electron chi connectivity index (χ2n) is 5.05. The van der Waals surface area contributed by atoms with Crippen LogP contribution < -0.4 is 5.32 Å². The van der Waals surface area contributed by atoms with Gasteiger partial charge in [-0.05, 0) is 37.1 Å². The Morgan fingerprint density at radius 2 is 2.09 bits per heavy atom. The number of nitrogens with zero attached hydrogens (tertiary/aromatic N) is 3. The van der Waals surface area contributed by atoms with Crippen LogP contribution in [0.5, 0.6) is 0 Å². The Hall–Kier alpha value is -1.97. The number of aromatic amines is 1. The summed E-state index contributed by atoms with van der Waals surface area (Å²) in [7, 11) is -3.76. The third-order valence-electron chi connectivity index (χ3n) is 3.58. The van der Waals surface area contributed by atoms with E-state index < -0.39 is 22.0 Å². The Balaban J connectivity index is 1.83. The molecule has 2 N–H and O–H groups in total. The Morgan fingerprint density at radius 1 is 1.35 bits per heavy atom. The third kappa shape index (κ3) is 3.21. The van der Waals surface area contributed by atoms with Gasteiger partial charge < -0.3 is 0 Å². The molecule has 1 fully saturated rings. The van der Waals surface area contributed by atoms with Gasteiger partial charge in [0.05, 0.1) is 4.90 Å². The normalized spacial score (nSPS) is 18.9. The van der Waals surface area contributed by atoms with Crippen LogP contribution >= 0.6 is 11.6 Å². The first kappa shape index (κ1) is 15.9. The van der Waals surface area contributed by atoms with Crippen molar-refractivity contribution in [2.24, 2.45) is 0 Å². The van der Waals surface area contributed by atoms with Crippen LogP contribution in [0.4, 0.5) is 5.95 Å². The Bertz CT molecular complexity index is 792. The number of carbonyl (C=O) groups excluding carboxylic acids is 1. The van der Waals surface area contributed by atoms with E-state index in [1.807, 2.05) is 0 Å². The van der Waals surface area contributed by atoms with Gasteiger partial charge in [-0.25, -0.2) is 13.5 Å². The SMILES string of the molecule is O=C(Nc1ncn[nH]1)[C@@H]1CCCN1S(=O)(=O)c1ccc(Cl)cc1. The summed E-state index contributed by atoms with van der Waals surface area (Å²) in [4.78, 5) is 16.2. The number of hydrogen-bond donors (Lipinski definition) is 2. The minimum Gasteiger partial charge on any atom is -0.294 e. The minimum absolute atomic E-state index is 0.112. The van der Waals surface area contributed by atoms with Crippen LogP contribution in [0.2, 0.25) is 5.02 Å². The van der Waals surface area contributed by atoms with Crippen LogP contribution in [0, 0.1) is 0 Å². The highest BCUT2D eigenvalue weighted by Gasteiger charge is 2.39. The molecule has 1 amide bonds. The molecule has 0 bridgehead atoms. The molecular weight excluding hydrogens is 342 g/mol. The van der Waals surface area contributed by atoms with Crippen molar-refractivity contribution in [3.05, 3.63) is 35.6 Å². The lowest BCUT2D eigenvalue weighted by Crippen LogP contribution is -2.43. The Kier molecular flexibility index (Phi) is 4.33. The van der Waals surface area contributed by atoms with Gasteiger partial charge in [0.15, 0.2) is 0 Å². The molecule has 0 aliphatic carbocycles. The molecule has 1 atom stereocenters. The van der Waals surface area contributed by atoms with E-state index in [0.717, 1.165) is 0 Å². The Labute approximate surface area is 137 Å². The number of sulfonamides is 1. The van der Waals surface area contributed by atoms with Crippen molar-refractivity contribution in [1.82, 2.24) is 19.5 Å². The number of H-pyrrole nitrogens is 1. The lowest BCUT2D eigenvalue weighted by Gasteiger charge is -2.23. The molecule has 0 radical (unpaired) electrons.